The zero-order valence-electron chi connectivity index (χ0n) is 18.5. The van der Waals surface area contributed by atoms with Crippen LogP contribution in [-0.4, -0.2) is 76.2 Å². The van der Waals surface area contributed by atoms with Crippen molar-refractivity contribution in [3.8, 4) is 0 Å². The number of amides is 5. The van der Waals surface area contributed by atoms with Crippen LogP contribution in [0.1, 0.15) is 52.9 Å². The van der Waals surface area contributed by atoms with E-state index < -0.39 is 47.5 Å². The normalized spacial score (nSPS) is 22.8. The second-order valence-electron chi connectivity index (χ2n) is 8.66. The monoisotopic (exact) mass is 453 g/mol. The van der Waals surface area contributed by atoms with E-state index in [4.69, 9.17) is 16.2 Å². The summed E-state index contributed by atoms with van der Waals surface area (Å²) in [4.78, 5) is 61.4. The molecule has 2 heterocycles. The van der Waals surface area contributed by atoms with Crippen molar-refractivity contribution in [2.24, 2.45) is 16.6 Å². The zero-order chi connectivity index (χ0) is 24.1. The number of urea groups is 1. The Morgan fingerprint density at radius 2 is 1.97 bits per heavy atom. The number of carbonyl (C=O) groups excluding carboxylic acids is 5. The number of hydrazine groups is 1. The third-order valence-corrected chi connectivity index (χ3v) is 4.77. The summed E-state index contributed by atoms with van der Waals surface area (Å²) in [6.45, 7) is 5.40. The second-order valence-corrected chi connectivity index (χ2v) is 8.66. The highest BCUT2D eigenvalue weighted by molar-refractivity contribution is 5.94. The molecule has 2 aliphatic heterocycles. The fraction of sp³-hybridized carbons (Fsp3) is 0.684. The molecule has 0 aromatic rings. The smallest absolute Gasteiger partial charge is 0.332 e. The molecule has 0 radical (unpaired) electrons. The van der Waals surface area contributed by atoms with Crippen molar-refractivity contribution in [1.29, 1.82) is 0 Å². The Labute approximate surface area is 185 Å². The summed E-state index contributed by atoms with van der Waals surface area (Å²) >= 11 is 0. The number of nitrogens with one attached hydrogen (secondary N) is 2. The summed E-state index contributed by atoms with van der Waals surface area (Å²) in [5.74, 6) is -1.99. The third-order valence-electron chi connectivity index (χ3n) is 4.77. The first-order valence-corrected chi connectivity index (χ1v) is 10.4. The molecule has 5 amide bonds. The maximum Gasteiger partial charge on any atom is 0.332 e. The Kier molecular flexibility index (Phi) is 8.14. The fourth-order valence-corrected chi connectivity index (χ4v) is 3.47. The Hall–Kier alpha value is -3.22. The molecular weight excluding hydrogens is 422 g/mol. The molecule has 0 aromatic heterocycles. The molecule has 13 heteroatoms. The molecule has 0 aromatic carbocycles. The van der Waals surface area contributed by atoms with Crippen molar-refractivity contribution in [2.75, 3.05) is 6.54 Å². The Bertz CT molecular complexity index is 794. The first-order valence-electron chi connectivity index (χ1n) is 10.4. The van der Waals surface area contributed by atoms with Crippen molar-refractivity contribution in [3.05, 3.63) is 0 Å². The minimum atomic E-state index is -0.983. The van der Waals surface area contributed by atoms with Crippen LogP contribution in [-0.2, 0) is 23.9 Å². The van der Waals surface area contributed by atoms with Gasteiger partial charge < -0.3 is 21.5 Å². The van der Waals surface area contributed by atoms with Gasteiger partial charge in [-0.1, -0.05) is 0 Å². The van der Waals surface area contributed by atoms with E-state index in [0.717, 1.165) is 11.2 Å². The van der Waals surface area contributed by atoms with Crippen molar-refractivity contribution in [3.63, 3.8) is 0 Å². The average Bonchev–Trinajstić information content (AvgIpc) is 2.78. The lowest BCUT2D eigenvalue weighted by atomic mass is 10.1. The molecule has 2 fully saturated rings. The van der Waals surface area contributed by atoms with E-state index in [1.807, 2.05) is 5.43 Å². The lowest BCUT2D eigenvalue weighted by Gasteiger charge is -2.42. The molecule has 0 spiro atoms. The lowest BCUT2D eigenvalue weighted by molar-refractivity contribution is -0.175. The van der Waals surface area contributed by atoms with E-state index in [9.17, 15) is 24.0 Å². The molecule has 178 valence electrons. The number of nitrogens with zero attached hydrogens (tertiary/aromatic N) is 3. The van der Waals surface area contributed by atoms with Gasteiger partial charge in [-0.3, -0.25) is 24.2 Å². The van der Waals surface area contributed by atoms with Gasteiger partial charge in [-0.2, -0.15) is 5.10 Å². The minimum absolute atomic E-state index is 0.116. The third kappa shape index (κ3) is 6.90. The number of esters is 1. The second kappa shape index (κ2) is 10.4. The predicted octanol–water partition coefficient (Wildman–Crippen LogP) is -1.29. The van der Waals surface area contributed by atoms with Gasteiger partial charge in [-0.15, -0.1) is 0 Å². The van der Waals surface area contributed by atoms with Gasteiger partial charge in [0.25, 0.3) is 5.91 Å². The van der Waals surface area contributed by atoms with Gasteiger partial charge in [0.05, 0.1) is 18.5 Å². The fourth-order valence-electron chi connectivity index (χ4n) is 3.47. The number of rotatable bonds is 6. The number of fused-ring (bicyclic) bond motifs is 1. The van der Waals surface area contributed by atoms with Crippen molar-refractivity contribution in [2.45, 2.75) is 76.6 Å². The van der Waals surface area contributed by atoms with Crippen molar-refractivity contribution in [1.82, 2.24) is 20.8 Å². The molecule has 13 nitrogen and oxygen atoms in total. The van der Waals surface area contributed by atoms with Gasteiger partial charge in [0.1, 0.15) is 11.6 Å². The van der Waals surface area contributed by atoms with E-state index in [2.05, 4.69) is 10.4 Å². The number of primary amides is 1. The van der Waals surface area contributed by atoms with Gasteiger partial charge >= 0.3 is 12.0 Å². The van der Waals surface area contributed by atoms with Gasteiger partial charge in [-0.25, -0.2) is 15.2 Å². The molecule has 0 aliphatic carbocycles. The minimum Gasteiger partial charge on any atom is -0.460 e. The maximum absolute atomic E-state index is 13.1. The van der Waals surface area contributed by atoms with Gasteiger partial charge in [0.15, 0.2) is 0 Å². The van der Waals surface area contributed by atoms with E-state index in [1.54, 1.807) is 20.8 Å². The standard InChI is InChI=1S/C19H31N7O6/c1-19(2,3)32-15(28)9-11(10-22-24-18(21)31)23-16(29)13-5-4-8-25-14(27)7-6-12(20)17(30)26(13)25/h10-13H,4-9,20H2,1-3H3,(H,23,29)(H3,21,24,31)/b22-10+/t11-,12-,13-/m0/s1. The summed E-state index contributed by atoms with van der Waals surface area (Å²) in [5, 5.41) is 8.64. The van der Waals surface area contributed by atoms with Gasteiger partial charge in [0, 0.05) is 19.2 Å². The van der Waals surface area contributed by atoms with Crippen LogP contribution in [0.2, 0.25) is 0 Å². The highest BCUT2D eigenvalue weighted by Crippen LogP contribution is 2.24. The van der Waals surface area contributed by atoms with Crippen LogP contribution in [0, 0.1) is 0 Å². The van der Waals surface area contributed by atoms with E-state index in [1.165, 1.54) is 5.01 Å². The summed E-state index contributed by atoms with van der Waals surface area (Å²) < 4.78 is 5.27. The summed E-state index contributed by atoms with van der Waals surface area (Å²) in [6.07, 6.45) is 1.99. The topological polar surface area (TPSA) is 190 Å². The molecule has 6 N–H and O–H groups in total. The molecule has 2 saturated heterocycles. The number of hydrogen-bond acceptors (Lipinski definition) is 8. The molecule has 3 atom stereocenters. The van der Waals surface area contributed by atoms with Crippen molar-refractivity contribution >= 4 is 35.9 Å². The van der Waals surface area contributed by atoms with Crippen LogP contribution in [0.15, 0.2) is 5.10 Å². The summed E-state index contributed by atoms with van der Waals surface area (Å²) in [7, 11) is 0. The number of carbonyl (C=O) groups is 5. The molecule has 0 unspecified atom stereocenters. The van der Waals surface area contributed by atoms with E-state index in [-0.39, 0.29) is 25.2 Å². The average molecular weight is 454 g/mol. The lowest BCUT2D eigenvalue weighted by Crippen LogP contribution is -2.63. The zero-order valence-corrected chi connectivity index (χ0v) is 18.5. The summed E-state index contributed by atoms with van der Waals surface area (Å²) in [5.41, 5.74) is 12.1. The molecule has 0 bridgehead atoms. The summed E-state index contributed by atoms with van der Waals surface area (Å²) in [6, 6.07) is -3.76. The Balaban J connectivity index is 2.19. The molecule has 2 aliphatic rings. The van der Waals surface area contributed by atoms with Crippen LogP contribution in [0.5, 0.6) is 0 Å². The molecule has 32 heavy (non-hydrogen) atoms. The first kappa shape index (κ1) is 25.0. The number of nitrogens with two attached hydrogens (primary N) is 2. The van der Waals surface area contributed by atoms with Crippen LogP contribution in [0.3, 0.4) is 0 Å². The van der Waals surface area contributed by atoms with Crippen molar-refractivity contribution < 1.29 is 28.7 Å². The highest BCUT2D eigenvalue weighted by Gasteiger charge is 2.43. The number of hydrazone groups is 1. The van der Waals surface area contributed by atoms with Crippen LogP contribution < -0.4 is 22.2 Å². The predicted molar refractivity (Wildman–Crippen MR) is 112 cm³/mol. The quantitative estimate of drug-likeness (QED) is 0.218. The number of ether oxygens (including phenoxy) is 1. The first-order chi connectivity index (χ1) is 14.9. The Morgan fingerprint density at radius 1 is 1.28 bits per heavy atom. The van der Waals surface area contributed by atoms with Gasteiger partial charge in [-0.05, 0) is 40.0 Å². The molecule has 0 saturated carbocycles. The molecule has 2 rings (SSSR count). The SMILES string of the molecule is CC(C)(C)OC(=O)C[C@@H](/C=N/NC(N)=O)NC(=O)[C@@H]1CCCN2C(=O)CC[C@H](N)C(=O)N12. The maximum atomic E-state index is 13.1. The van der Waals surface area contributed by atoms with Crippen LogP contribution >= 0.6 is 0 Å². The Morgan fingerprint density at radius 3 is 2.59 bits per heavy atom. The van der Waals surface area contributed by atoms with E-state index in [0.29, 0.717) is 19.4 Å². The largest absolute Gasteiger partial charge is 0.460 e. The number of hydrogen-bond donors (Lipinski definition) is 4. The van der Waals surface area contributed by atoms with Crippen LogP contribution in [0.25, 0.3) is 0 Å². The highest BCUT2D eigenvalue weighted by atomic mass is 16.6. The molecular formula is C19H31N7O6. The van der Waals surface area contributed by atoms with Crippen LogP contribution in [0.4, 0.5) is 4.79 Å². The van der Waals surface area contributed by atoms with E-state index >= 15 is 0 Å². The van der Waals surface area contributed by atoms with Gasteiger partial charge in [0.2, 0.25) is 11.8 Å².